The SMILES string of the molecule is CCc1ccc(CC)c2c1CC(NC[C@@H](O)c1cccc3[nH]c(=O)ccc13)C2. The van der Waals surface area contributed by atoms with Crippen molar-refractivity contribution in [1.82, 2.24) is 10.3 Å². The molecule has 0 radical (unpaired) electrons. The van der Waals surface area contributed by atoms with Crippen LogP contribution in [0.15, 0.2) is 47.3 Å². The first-order chi connectivity index (χ1) is 13.6. The van der Waals surface area contributed by atoms with Crippen LogP contribution in [0.3, 0.4) is 0 Å². The summed E-state index contributed by atoms with van der Waals surface area (Å²) in [7, 11) is 0. The van der Waals surface area contributed by atoms with Crippen molar-refractivity contribution < 1.29 is 5.11 Å². The fourth-order valence-corrected chi connectivity index (χ4v) is 4.56. The predicted molar refractivity (Wildman–Crippen MR) is 114 cm³/mol. The van der Waals surface area contributed by atoms with Crippen molar-refractivity contribution in [2.24, 2.45) is 0 Å². The maximum atomic E-state index is 11.5. The molecule has 1 heterocycles. The molecule has 0 fully saturated rings. The van der Waals surface area contributed by atoms with Crippen molar-refractivity contribution in [1.29, 1.82) is 0 Å². The molecule has 1 aliphatic rings. The lowest BCUT2D eigenvalue weighted by atomic mass is 9.96. The molecule has 0 aliphatic heterocycles. The van der Waals surface area contributed by atoms with E-state index in [1.54, 1.807) is 6.07 Å². The van der Waals surface area contributed by atoms with Gasteiger partial charge in [-0.1, -0.05) is 38.1 Å². The van der Waals surface area contributed by atoms with Crippen LogP contribution in [0.2, 0.25) is 0 Å². The maximum absolute atomic E-state index is 11.5. The van der Waals surface area contributed by atoms with E-state index >= 15 is 0 Å². The highest BCUT2D eigenvalue weighted by molar-refractivity contribution is 5.82. The number of hydrogen-bond donors (Lipinski definition) is 3. The number of aromatic amines is 1. The van der Waals surface area contributed by atoms with Crippen molar-refractivity contribution in [2.75, 3.05) is 6.54 Å². The van der Waals surface area contributed by atoms with Gasteiger partial charge in [0.15, 0.2) is 0 Å². The third kappa shape index (κ3) is 3.50. The number of aliphatic hydroxyl groups is 1. The summed E-state index contributed by atoms with van der Waals surface area (Å²) in [5.41, 5.74) is 7.41. The zero-order chi connectivity index (χ0) is 19.7. The number of aliphatic hydroxyl groups excluding tert-OH is 1. The van der Waals surface area contributed by atoms with Crippen LogP contribution in [0.25, 0.3) is 10.9 Å². The van der Waals surface area contributed by atoms with Gasteiger partial charge in [-0.15, -0.1) is 0 Å². The highest BCUT2D eigenvalue weighted by Crippen LogP contribution is 2.30. The summed E-state index contributed by atoms with van der Waals surface area (Å²) in [6.07, 6.45) is 3.57. The Morgan fingerprint density at radius 2 is 1.71 bits per heavy atom. The number of pyridine rings is 1. The van der Waals surface area contributed by atoms with Crippen LogP contribution in [-0.2, 0) is 25.7 Å². The molecular formula is C24H28N2O2. The first-order valence-corrected chi connectivity index (χ1v) is 10.3. The second kappa shape index (κ2) is 7.90. The predicted octanol–water partition coefficient (Wildman–Crippen LogP) is 3.44. The third-order valence-electron chi connectivity index (χ3n) is 6.05. The van der Waals surface area contributed by atoms with Crippen LogP contribution in [0.1, 0.15) is 47.8 Å². The van der Waals surface area contributed by atoms with Gasteiger partial charge in [-0.05, 0) is 65.6 Å². The van der Waals surface area contributed by atoms with E-state index in [-0.39, 0.29) is 5.56 Å². The van der Waals surface area contributed by atoms with Crippen molar-refractivity contribution in [2.45, 2.75) is 51.7 Å². The van der Waals surface area contributed by atoms with E-state index in [4.69, 9.17) is 0 Å². The standard InChI is InChI=1S/C24H28N2O2/c1-3-15-8-9-16(4-2)21-13-17(12-20(15)21)25-14-23(27)19-6-5-7-22-18(19)10-11-24(28)26-22/h5-11,17,23,25,27H,3-4,12-14H2,1-2H3,(H,26,28)/t23-/m1/s1. The summed E-state index contributed by atoms with van der Waals surface area (Å²) in [5, 5.41) is 15.3. The topological polar surface area (TPSA) is 65.1 Å². The minimum atomic E-state index is -0.616. The smallest absolute Gasteiger partial charge is 0.248 e. The molecule has 0 bridgehead atoms. The van der Waals surface area contributed by atoms with Gasteiger partial charge in [0.25, 0.3) is 0 Å². The molecule has 3 N–H and O–H groups in total. The minimum absolute atomic E-state index is 0.126. The first-order valence-electron chi connectivity index (χ1n) is 10.3. The van der Waals surface area contributed by atoms with Gasteiger partial charge >= 0.3 is 0 Å². The molecule has 4 rings (SSSR count). The van der Waals surface area contributed by atoms with Crippen LogP contribution >= 0.6 is 0 Å². The number of rotatable bonds is 6. The fourth-order valence-electron chi connectivity index (χ4n) is 4.56. The van der Waals surface area contributed by atoms with Crippen LogP contribution in [-0.4, -0.2) is 22.7 Å². The molecular weight excluding hydrogens is 348 g/mol. The van der Waals surface area contributed by atoms with Crippen LogP contribution < -0.4 is 10.9 Å². The summed E-state index contributed by atoms with van der Waals surface area (Å²) >= 11 is 0. The summed E-state index contributed by atoms with van der Waals surface area (Å²) in [4.78, 5) is 14.4. The van der Waals surface area contributed by atoms with E-state index in [1.165, 1.54) is 28.3 Å². The van der Waals surface area contributed by atoms with E-state index < -0.39 is 6.10 Å². The summed E-state index contributed by atoms with van der Waals surface area (Å²) in [6.45, 7) is 4.94. The second-order valence-corrected chi connectivity index (χ2v) is 7.71. The molecule has 1 atom stereocenters. The number of fused-ring (bicyclic) bond motifs is 2. The maximum Gasteiger partial charge on any atom is 0.248 e. The Hall–Kier alpha value is -2.43. The van der Waals surface area contributed by atoms with E-state index in [2.05, 4.69) is 36.3 Å². The minimum Gasteiger partial charge on any atom is -0.387 e. The Morgan fingerprint density at radius 3 is 2.36 bits per heavy atom. The summed E-state index contributed by atoms with van der Waals surface area (Å²) in [5.74, 6) is 0. The largest absolute Gasteiger partial charge is 0.387 e. The van der Waals surface area contributed by atoms with E-state index in [0.29, 0.717) is 12.6 Å². The molecule has 0 spiro atoms. The Morgan fingerprint density at radius 1 is 1.04 bits per heavy atom. The summed E-state index contributed by atoms with van der Waals surface area (Å²) in [6, 6.07) is 13.9. The Kier molecular flexibility index (Phi) is 5.33. The van der Waals surface area contributed by atoms with Gasteiger partial charge in [0.2, 0.25) is 5.56 Å². The van der Waals surface area contributed by atoms with E-state index in [9.17, 15) is 9.90 Å². The molecule has 4 nitrogen and oxygen atoms in total. The molecule has 1 aromatic heterocycles. The van der Waals surface area contributed by atoms with Crippen molar-refractivity contribution in [3.63, 3.8) is 0 Å². The van der Waals surface area contributed by atoms with Crippen LogP contribution in [0.5, 0.6) is 0 Å². The number of hydrogen-bond acceptors (Lipinski definition) is 3. The molecule has 0 saturated heterocycles. The van der Waals surface area contributed by atoms with E-state index in [1.807, 2.05) is 18.2 Å². The summed E-state index contributed by atoms with van der Waals surface area (Å²) < 4.78 is 0. The normalized spacial score (nSPS) is 15.1. The lowest BCUT2D eigenvalue weighted by Crippen LogP contribution is -2.33. The van der Waals surface area contributed by atoms with Gasteiger partial charge in [0.1, 0.15) is 0 Å². The number of benzene rings is 2. The van der Waals surface area contributed by atoms with Gasteiger partial charge < -0.3 is 15.4 Å². The van der Waals surface area contributed by atoms with E-state index in [0.717, 1.165) is 42.1 Å². The lowest BCUT2D eigenvalue weighted by Gasteiger charge is -2.18. The Bertz CT molecular complexity index is 1020. The average Bonchev–Trinajstić information content (AvgIpc) is 3.14. The van der Waals surface area contributed by atoms with Crippen molar-refractivity contribution in [3.05, 3.63) is 80.6 Å². The average molecular weight is 377 g/mol. The monoisotopic (exact) mass is 376 g/mol. The molecule has 0 amide bonds. The van der Waals surface area contributed by atoms with Gasteiger partial charge in [-0.25, -0.2) is 0 Å². The molecule has 28 heavy (non-hydrogen) atoms. The Balaban J connectivity index is 1.49. The molecule has 4 heteroatoms. The lowest BCUT2D eigenvalue weighted by molar-refractivity contribution is 0.171. The van der Waals surface area contributed by atoms with Crippen LogP contribution in [0, 0.1) is 0 Å². The zero-order valence-corrected chi connectivity index (χ0v) is 16.6. The van der Waals surface area contributed by atoms with Crippen LogP contribution in [0.4, 0.5) is 0 Å². The van der Waals surface area contributed by atoms with Crippen molar-refractivity contribution in [3.8, 4) is 0 Å². The fraction of sp³-hybridized carbons (Fsp3) is 0.375. The molecule has 1 aliphatic carbocycles. The molecule has 2 aromatic carbocycles. The number of aryl methyl sites for hydroxylation is 2. The number of H-pyrrole nitrogens is 1. The first kappa shape index (κ1) is 18.9. The number of nitrogens with one attached hydrogen (secondary N) is 2. The molecule has 0 unspecified atom stereocenters. The quantitative estimate of drug-likeness (QED) is 0.617. The second-order valence-electron chi connectivity index (χ2n) is 7.71. The highest BCUT2D eigenvalue weighted by atomic mass is 16.3. The number of aromatic nitrogens is 1. The van der Waals surface area contributed by atoms with Crippen molar-refractivity contribution >= 4 is 10.9 Å². The molecule has 0 saturated carbocycles. The highest BCUT2D eigenvalue weighted by Gasteiger charge is 2.26. The van der Waals surface area contributed by atoms with Gasteiger partial charge in [-0.2, -0.15) is 0 Å². The van der Waals surface area contributed by atoms with Gasteiger partial charge in [-0.3, -0.25) is 4.79 Å². The molecule has 146 valence electrons. The Labute approximate surface area is 165 Å². The molecule has 3 aromatic rings. The van der Waals surface area contributed by atoms with Gasteiger partial charge in [0, 0.05) is 29.6 Å². The van der Waals surface area contributed by atoms with Gasteiger partial charge in [0.05, 0.1) is 6.10 Å². The zero-order valence-electron chi connectivity index (χ0n) is 16.6. The third-order valence-corrected chi connectivity index (χ3v) is 6.05.